The Morgan fingerprint density at radius 1 is 1.20 bits per heavy atom. The Morgan fingerprint density at radius 3 is 2.40 bits per heavy atom. The van der Waals surface area contributed by atoms with Crippen molar-refractivity contribution < 1.29 is 0 Å². The molecule has 0 fully saturated rings. The minimum absolute atomic E-state index is 0.174. The summed E-state index contributed by atoms with van der Waals surface area (Å²) in [6, 6.07) is 6.56. The van der Waals surface area contributed by atoms with E-state index in [0.29, 0.717) is 0 Å². The predicted octanol–water partition coefficient (Wildman–Crippen LogP) is 2.28. The maximum atomic E-state index is 9.83. The molecule has 4 heteroatoms. The highest BCUT2D eigenvalue weighted by molar-refractivity contribution is 5.45. The molecule has 1 rings (SSSR count). The van der Waals surface area contributed by atoms with Crippen LogP contribution in [-0.2, 0) is 0 Å². The van der Waals surface area contributed by atoms with Crippen LogP contribution in [0.2, 0.25) is 0 Å². The number of nitroso groups, excluding NO2 is 2. The monoisotopic (exact) mass is 135 g/mol. The van der Waals surface area contributed by atoms with Crippen molar-refractivity contribution in [3.8, 4) is 0 Å². The standard InChI is InChI=1S/C6H3N2O2/c9-7-5-1-2-6(8-10)4-3-5/h1-3H. The van der Waals surface area contributed by atoms with Crippen molar-refractivity contribution in [2.75, 3.05) is 0 Å². The molecule has 1 aromatic carbocycles. The fourth-order valence-electron chi connectivity index (χ4n) is 0.522. The predicted molar refractivity (Wildman–Crippen MR) is 36.2 cm³/mol. The van der Waals surface area contributed by atoms with Crippen molar-refractivity contribution in [2.24, 2.45) is 10.4 Å². The Morgan fingerprint density at radius 2 is 2.00 bits per heavy atom. The minimum atomic E-state index is 0.174. The molecule has 0 heterocycles. The highest BCUT2D eigenvalue weighted by Gasteiger charge is 1.91. The lowest BCUT2D eigenvalue weighted by atomic mass is 10.3. The molecule has 49 valence electrons. The van der Waals surface area contributed by atoms with Gasteiger partial charge >= 0.3 is 0 Å². The van der Waals surface area contributed by atoms with Gasteiger partial charge in [-0.3, -0.25) is 0 Å². The Labute approximate surface area is 56.8 Å². The molecule has 0 spiro atoms. The Bertz CT molecular complexity index is 215. The van der Waals surface area contributed by atoms with Crippen LogP contribution < -0.4 is 0 Å². The smallest absolute Gasteiger partial charge is 0.116 e. The first kappa shape index (κ1) is 6.54. The van der Waals surface area contributed by atoms with Gasteiger partial charge in [0.25, 0.3) is 0 Å². The Hall–Kier alpha value is -1.58. The largest absolute Gasteiger partial charge is 0.145 e. The van der Waals surface area contributed by atoms with Crippen LogP contribution in [0.1, 0.15) is 0 Å². The van der Waals surface area contributed by atoms with Crippen LogP contribution in [0.4, 0.5) is 11.4 Å². The summed E-state index contributed by atoms with van der Waals surface area (Å²) >= 11 is 0. The average molecular weight is 135 g/mol. The summed E-state index contributed by atoms with van der Waals surface area (Å²) in [7, 11) is 0. The van der Waals surface area contributed by atoms with Gasteiger partial charge in [0.1, 0.15) is 11.4 Å². The Kier molecular flexibility index (Phi) is 1.84. The van der Waals surface area contributed by atoms with E-state index in [9.17, 15) is 9.81 Å². The summed E-state index contributed by atoms with van der Waals surface area (Å²) in [6.07, 6.45) is 0. The molecule has 10 heavy (non-hydrogen) atoms. The van der Waals surface area contributed by atoms with Crippen molar-refractivity contribution in [3.63, 3.8) is 0 Å². The lowest BCUT2D eigenvalue weighted by molar-refractivity contribution is 1.44. The second-order valence-electron chi connectivity index (χ2n) is 1.61. The lowest BCUT2D eigenvalue weighted by Crippen LogP contribution is -1.62. The van der Waals surface area contributed by atoms with E-state index in [1.807, 2.05) is 0 Å². The van der Waals surface area contributed by atoms with Gasteiger partial charge in [-0.1, -0.05) is 0 Å². The van der Waals surface area contributed by atoms with E-state index in [1.165, 1.54) is 18.2 Å². The second-order valence-corrected chi connectivity index (χ2v) is 1.61. The van der Waals surface area contributed by atoms with Crippen molar-refractivity contribution in [1.29, 1.82) is 0 Å². The molecular weight excluding hydrogens is 132 g/mol. The van der Waals surface area contributed by atoms with E-state index in [1.54, 1.807) is 0 Å². The van der Waals surface area contributed by atoms with Crippen LogP contribution in [-0.4, -0.2) is 0 Å². The van der Waals surface area contributed by atoms with Crippen molar-refractivity contribution in [2.45, 2.75) is 0 Å². The quantitative estimate of drug-likeness (QED) is 0.584. The van der Waals surface area contributed by atoms with Gasteiger partial charge in [0.15, 0.2) is 0 Å². The van der Waals surface area contributed by atoms with Crippen LogP contribution in [0, 0.1) is 15.9 Å². The summed E-state index contributed by atoms with van der Waals surface area (Å²) in [4.78, 5) is 19.6. The molecule has 0 aromatic heterocycles. The molecule has 1 radical (unpaired) electrons. The van der Waals surface area contributed by atoms with Gasteiger partial charge in [-0.05, 0) is 28.6 Å². The van der Waals surface area contributed by atoms with E-state index in [-0.39, 0.29) is 11.4 Å². The van der Waals surface area contributed by atoms with E-state index < -0.39 is 0 Å². The van der Waals surface area contributed by atoms with E-state index >= 15 is 0 Å². The molecule has 0 saturated carbocycles. The molecule has 0 amide bonds. The highest BCUT2D eigenvalue weighted by Crippen LogP contribution is 2.16. The molecule has 0 atom stereocenters. The molecular formula is C6H3N2O2. The lowest BCUT2D eigenvalue weighted by Gasteiger charge is -1.85. The third kappa shape index (κ3) is 1.22. The first-order chi connectivity index (χ1) is 4.86. The number of hydrogen-bond donors (Lipinski definition) is 0. The molecule has 0 bridgehead atoms. The van der Waals surface area contributed by atoms with Crippen LogP contribution in [0.3, 0.4) is 0 Å². The summed E-state index contributed by atoms with van der Waals surface area (Å²) in [5, 5.41) is 5.22. The van der Waals surface area contributed by atoms with Gasteiger partial charge in [0, 0.05) is 6.07 Å². The zero-order valence-electron chi connectivity index (χ0n) is 4.94. The summed E-state index contributed by atoms with van der Waals surface area (Å²) in [5.74, 6) is 0. The molecule has 0 unspecified atom stereocenters. The molecule has 4 nitrogen and oxygen atoms in total. The van der Waals surface area contributed by atoms with Gasteiger partial charge in [-0.25, -0.2) is 0 Å². The molecule has 0 aliphatic carbocycles. The average Bonchev–Trinajstić information content (AvgIpc) is 2.05. The molecule has 0 aliphatic heterocycles. The highest BCUT2D eigenvalue weighted by atomic mass is 16.3. The van der Waals surface area contributed by atoms with Crippen molar-refractivity contribution in [3.05, 3.63) is 34.1 Å². The fraction of sp³-hybridized carbons (Fsp3) is 0. The molecule has 0 saturated heterocycles. The van der Waals surface area contributed by atoms with Crippen LogP contribution in [0.25, 0.3) is 0 Å². The van der Waals surface area contributed by atoms with E-state index in [4.69, 9.17) is 0 Å². The normalized spacial score (nSPS) is 8.80. The van der Waals surface area contributed by atoms with Crippen LogP contribution in [0.5, 0.6) is 0 Å². The number of hydrogen-bond acceptors (Lipinski definition) is 4. The van der Waals surface area contributed by atoms with Crippen molar-refractivity contribution in [1.82, 2.24) is 0 Å². The summed E-state index contributed by atoms with van der Waals surface area (Å²) in [5.41, 5.74) is 0.416. The number of benzene rings is 1. The number of nitrogens with zero attached hydrogens (tertiary/aromatic N) is 2. The zero-order valence-corrected chi connectivity index (χ0v) is 4.94. The molecule has 0 aliphatic rings. The van der Waals surface area contributed by atoms with Gasteiger partial charge in [0.2, 0.25) is 0 Å². The van der Waals surface area contributed by atoms with Gasteiger partial charge in [-0.2, -0.15) is 0 Å². The third-order valence-electron chi connectivity index (χ3n) is 0.984. The van der Waals surface area contributed by atoms with Gasteiger partial charge in [0.05, 0.1) is 0 Å². The van der Waals surface area contributed by atoms with E-state index in [0.717, 1.165) is 0 Å². The third-order valence-corrected chi connectivity index (χ3v) is 0.984. The maximum Gasteiger partial charge on any atom is 0.116 e. The number of rotatable bonds is 2. The minimum Gasteiger partial charge on any atom is -0.145 e. The Balaban J connectivity index is 3.00. The maximum absolute atomic E-state index is 9.83. The molecule has 1 aromatic rings. The van der Waals surface area contributed by atoms with E-state index in [2.05, 4.69) is 16.4 Å². The van der Waals surface area contributed by atoms with Crippen molar-refractivity contribution >= 4 is 11.4 Å². The van der Waals surface area contributed by atoms with Gasteiger partial charge in [-0.15, -0.1) is 9.81 Å². The molecule has 0 N–H and O–H groups in total. The summed E-state index contributed by atoms with van der Waals surface area (Å²) < 4.78 is 0. The summed E-state index contributed by atoms with van der Waals surface area (Å²) in [6.45, 7) is 0. The topological polar surface area (TPSA) is 58.9 Å². The van der Waals surface area contributed by atoms with Crippen LogP contribution >= 0.6 is 0 Å². The SMILES string of the molecule is O=Nc1[c]cc(N=O)cc1. The van der Waals surface area contributed by atoms with Gasteiger partial charge < -0.3 is 0 Å². The van der Waals surface area contributed by atoms with Crippen LogP contribution in [0.15, 0.2) is 28.6 Å². The first-order valence-corrected chi connectivity index (χ1v) is 2.55. The first-order valence-electron chi connectivity index (χ1n) is 2.55. The zero-order chi connectivity index (χ0) is 7.40. The fourth-order valence-corrected chi connectivity index (χ4v) is 0.522. The second kappa shape index (κ2) is 2.82.